The van der Waals surface area contributed by atoms with Crippen molar-refractivity contribution in [2.24, 2.45) is 12.0 Å². The van der Waals surface area contributed by atoms with Crippen LogP contribution in [0.15, 0.2) is 41.7 Å². The summed E-state index contributed by atoms with van der Waals surface area (Å²) < 4.78 is 42.9. The smallest absolute Gasteiger partial charge is 0.422 e. The summed E-state index contributed by atoms with van der Waals surface area (Å²) in [5.41, 5.74) is 2.10. The molecule has 1 aromatic carbocycles. The number of halogens is 4. The van der Waals surface area contributed by atoms with Crippen molar-refractivity contribution in [2.45, 2.75) is 25.6 Å². The molecule has 0 bridgehead atoms. The van der Waals surface area contributed by atoms with Crippen LogP contribution < -0.4 is 15.4 Å². The molecule has 2 rings (SSSR count). The van der Waals surface area contributed by atoms with Crippen LogP contribution in [0.2, 0.25) is 0 Å². The summed E-state index contributed by atoms with van der Waals surface area (Å²) in [6, 6.07) is 6.47. The third kappa shape index (κ3) is 9.29. The van der Waals surface area contributed by atoms with Gasteiger partial charge < -0.3 is 15.4 Å². The van der Waals surface area contributed by atoms with Crippen molar-refractivity contribution in [1.82, 2.24) is 20.4 Å². The minimum atomic E-state index is -4.34. The largest absolute Gasteiger partial charge is 0.484 e. The molecule has 2 N–H and O–H groups in total. The molecule has 0 spiro atoms. The van der Waals surface area contributed by atoms with E-state index >= 15 is 0 Å². The predicted molar refractivity (Wildman–Crippen MR) is 113 cm³/mol. The van der Waals surface area contributed by atoms with Gasteiger partial charge in [-0.1, -0.05) is 12.1 Å². The van der Waals surface area contributed by atoms with Crippen molar-refractivity contribution in [3.05, 3.63) is 47.8 Å². The molecule has 0 aliphatic carbocycles. The zero-order chi connectivity index (χ0) is 19.7. The molecule has 0 amide bonds. The average Bonchev–Trinajstić information content (AvgIpc) is 3.05. The van der Waals surface area contributed by atoms with Crippen LogP contribution in [0.5, 0.6) is 5.75 Å². The number of benzene rings is 1. The fourth-order valence-electron chi connectivity index (χ4n) is 2.38. The first-order chi connectivity index (χ1) is 12.9. The molecule has 0 aliphatic rings. The Kier molecular flexibility index (Phi) is 10.1. The van der Waals surface area contributed by atoms with Crippen LogP contribution >= 0.6 is 24.0 Å². The first-order valence-electron chi connectivity index (χ1n) is 8.56. The molecular formula is C18H25F3IN5O. The molecule has 0 saturated carbocycles. The zero-order valence-corrected chi connectivity index (χ0v) is 18.1. The molecule has 0 unspecified atom stereocenters. The van der Waals surface area contributed by atoms with Gasteiger partial charge in [0.15, 0.2) is 12.6 Å². The number of aromatic nitrogens is 2. The summed E-state index contributed by atoms with van der Waals surface area (Å²) >= 11 is 0. The van der Waals surface area contributed by atoms with E-state index in [-0.39, 0.29) is 29.7 Å². The van der Waals surface area contributed by atoms with Crippen LogP contribution in [0.25, 0.3) is 0 Å². The highest BCUT2D eigenvalue weighted by atomic mass is 127. The maximum Gasteiger partial charge on any atom is 0.422 e. The number of nitrogens with one attached hydrogen (secondary N) is 2. The lowest BCUT2D eigenvalue weighted by atomic mass is 10.2. The number of ether oxygens (including phenoxy) is 1. The predicted octanol–water partition coefficient (Wildman–Crippen LogP) is 3.28. The highest BCUT2D eigenvalue weighted by molar-refractivity contribution is 14.0. The molecule has 10 heteroatoms. The number of aliphatic imine (C=N–C) groups is 1. The van der Waals surface area contributed by atoms with Crippen molar-refractivity contribution in [1.29, 1.82) is 0 Å². The molecule has 2 aromatic rings. The second kappa shape index (κ2) is 11.8. The molecule has 1 aromatic heterocycles. The van der Waals surface area contributed by atoms with Gasteiger partial charge in [0.2, 0.25) is 0 Å². The van der Waals surface area contributed by atoms with E-state index in [2.05, 4.69) is 25.5 Å². The van der Waals surface area contributed by atoms with Gasteiger partial charge in [0.1, 0.15) is 5.75 Å². The molecule has 6 nitrogen and oxygen atoms in total. The number of aryl methyl sites for hydroxylation is 2. The van der Waals surface area contributed by atoms with Crippen LogP contribution in [-0.2, 0) is 20.0 Å². The molecule has 0 saturated heterocycles. The lowest BCUT2D eigenvalue weighted by Crippen LogP contribution is -2.37. The Hall–Kier alpha value is -1.98. The molecule has 1 heterocycles. The first-order valence-corrected chi connectivity index (χ1v) is 8.56. The van der Waals surface area contributed by atoms with E-state index in [1.165, 1.54) is 17.7 Å². The third-order valence-corrected chi connectivity index (χ3v) is 3.70. The topological polar surface area (TPSA) is 63.5 Å². The van der Waals surface area contributed by atoms with Crippen molar-refractivity contribution in [2.75, 3.05) is 20.2 Å². The summed E-state index contributed by atoms with van der Waals surface area (Å²) in [4.78, 5) is 4.15. The van der Waals surface area contributed by atoms with E-state index in [1.807, 2.05) is 19.4 Å². The number of hydrogen-bond donors (Lipinski definition) is 2. The van der Waals surface area contributed by atoms with E-state index in [0.29, 0.717) is 12.5 Å². The maximum atomic E-state index is 12.1. The van der Waals surface area contributed by atoms with E-state index in [0.717, 1.165) is 24.9 Å². The van der Waals surface area contributed by atoms with E-state index in [4.69, 9.17) is 0 Å². The fourth-order valence-corrected chi connectivity index (χ4v) is 2.38. The fraction of sp³-hybridized carbons (Fsp3) is 0.444. The lowest BCUT2D eigenvalue weighted by Gasteiger charge is -2.12. The van der Waals surface area contributed by atoms with Crippen LogP contribution in [0, 0.1) is 0 Å². The Morgan fingerprint density at radius 3 is 2.46 bits per heavy atom. The summed E-state index contributed by atoms with van der Waals surface area (Å²) in [6.07, 6.45) is 1.38. The van der Waals surface area contributed by atoms with Crippen molar-refractivity contribution in [3.8, 4) is 5.75 Å². The van der Waals surface area contributed by atoms with Gasteiger partial charge in [-0.15, -0.1) is 24.0 Å². The Balaban J connectivity index is 0.00000392. The number of guanidine groups is 1. The number of rotatable bonds is 8. The number of hydrogen-bond acceptors (Lipinski definition) is 3. The number of alkyl halides is 3. The van der Waals surface area contributed by atoms with Gasteiger partial charge in [0.05, 0.1) is 6.20 Å². The second-order valence-electron chi connectivity index (χ2n) is 6.03. The summed E-state index contributed by atoms with van der Waals surface area (Å²) in [5.74, 6) is 0.854. The minimum Gasteiger partial charge on any atom is -0.484 e. The van der Waals surface area contributed by atoms with Gasteiger partial charge in [-0.05, 0) is 36.1 Å². The van der Waals surface area contributed by atoms with Crippen molar-refractivity contribution in [3.63, 3.8) is 0 Å². The Bertz CT molecular complexity index is 732. The quantitative estimate of drug-likeness (QED) is 0.247. The highest BCUT2D eigenvalue weighted by Crippen LogP contribution is 2.18. The summed E-state index contributed by atoms with van der Waals surface area (Å²) in [5, 5.41) is 10.5. The zero-order valence-electron chi connectivity index (χ0n) is 15.8. The van der Waals surface area contributed by atoms with Crippen molar-refractivity contribution < 1.29 is 17.9 Å². The van der Waals surface area contributed by atoms with Gasteiger partial charge in [-0.25, -0.2) is 0 Å². The van der Waals surface area contributed by atoms with Crippen molar-refractivity contribution >= 4 is 29.9 Å². The average molecular weight is 511 g/mol. The molecule has 0 atom stereocenters. The standard InChI is InChI=1S/C18H24F3N5O.HI/c1-22-17(23-9-3-4-15-11-25-26(2)12-15)24-10-14-5-7-16(8-6-14)27-13-18(19,20)21;/h5-8,11-12H,3-4,9-10,13H2,1-2H3,(H2,22,23,24);1H. The van der Waals surface area contributed by atoms with E-state index in [9.17, 15) is 13.2 Å². The van der Waals surface area contributed by atoms with Gasteiger partial charge >= 0.3 is 6.18 Å². The maximum absolute atomic E-state index is 12.1. The molecule has 28 heavy (non-hydrogen) atoms. The van der Waals surface area contributed by atoms with Crippen LogP contribution in [0.1, 0.15) is 17.5 Å². The van der Waals surface area contributed by atoms with Gasteiger partial charge in [0, 0.05) is 33.4 Å². The Morgan fingerprint density at radius 1 is 1.18 bits per heavy atom. The minimum absolute atomic E-state index is 0. The lowest BCUT2D eigenvalue weighted by molar-refractivity contribution is -0.153. The third-order valence-electron chi connectivity index (χ3n) is 3.70. The monoisotopic (exact) mass is 511 g/mol. The molecule has 156 valence electrons. The first kappa shape index (κ1) is 24.1. The highest BCUT2D eigenvalue weighted by Gasteiger charge is 2.28. The second-order valence-corrected chi connectivity index (χ2v) is 6.03. The SMILES string of the molecule is CN=C(NCCCc1cnn(C)c1)NCc1ccc(OCC(F)(F)F)cc1.I. The molecule has 0 aliphatic heterocycles. The summed E-state index contributed by atoms with van der Waals surface area (Å²) in [6.45, 7) is -0.0270. The Morgan fingerprint density at radius 2 is 1.89 bits per heavy atom. The van der Waals surface area contributed by atoms with Crippen LogP contribution in [-0.4, -0.2) is 42.1 Å². The molecule has 0 fully saturated rings. The van der Waals surface area contributed by atoms with Gasteiger partial charge in [0.25, 0.3) is 0 Å². The van der Waals surface area contributed by atoms with Crippen LogP contribution in [0.4, 0.5) is 13.2 Å². The van der Waals surface area contributed by atoms with E-state index < -0.39 is 12.8 Å². The summed E-state index contributed by atoms with van der Waals surface area (Å²) in [7, 11) is 3.58. The Labute approximate surface area is 179 Å². The van der Waals surface area contributed by atoms with Gasteiger partial charge in [-0.2, -0.15) is 18.3 Å². The van der Waals surface area contributed by atoms with Gasteiger partial charge in [-0.3, -0.25) is 9.67 Å². The number of nitrogens with zero attached hydrogens (tertiary/aromatic N) is 3. The van der Waals surface area contributed by atoms with E-state index in [1.54, 1.807) is 23.9 Å². The van der Waals surface area contributed by atoms with Crippen LogP contribution in [0.3, 0.4) is 0 Å². The normalized spacial score (nSPS) is 11.7. The molecule has 0 radical (unpaired) electrons. The molecular weight excluding hydrogens is 486 g/mol.